The van der Waals surface area contributed by atoms with Gasteiger partial charge in [0, 0.05) is 35.9 Å². The smallest absolute Gasteiger partial charge is 0.133 e. The predicted molar refractivity (Wildman–Crippen MR) is 93.7 cm³/mol. The first-order valence-corrected chi connectivity index (χ1v) is 8.75. The molecule has 1 aromatic heterocycles. The maximum atomic E-state index is 4.69. The highest BCUT2D eigenvalue weighted by Crippen LogP contribution is 2.35. The van der Waals surface area contributed by atoms with Crippen LogP contribution >= 0.6 is 15.9 Å². The molecule has 1 unspecified atom stereocenters. The molecule has 1 N–H and O–H groups in total. The fraction of sp³-hybridized carbons (Fsp3) is 0.706. The minimum atomic E-state index is 0.414. The van der Waals surface area contributed by atoms with Crippen LogP contribution < -0.4 is 10.2 Å². The Kier molecular flexibility index (Phi) is 5.67. The van der Waals surface area contributed by atoms with Crippen molar-refractivity contribution in [1.82, 2.24) is 10.3 Å². The molecule has 4 heteroatoms. The lowest BCUT2D eigenvalue weighted by Crippen LogP contribution is -2.28. The number of nitrogens with one attached hydrogen (secondary N) is 1. The van der Waals surface area contributed by atoms with Crippen molar-refractivity contribution in [3.05, 3.63) is 22.3 Å². The first-order chi connectivity index (χ1) is 9.91. The minimum absolute atomic E-state index is 0.414. The topological polar surface area (TPSA) is 28.2 Å². The van der Waals surface area contributed by atoms with Gasteiger partial charge < -0.3 is 10.2 Å². The Morgan fingerprint density at radius 1 is 1.33 bits per heavy atom. The Morgan fingerprint density at radius 3 is 2.76 bits per heavy atom. The van der Waals surface area contributed by atoms with Gasteiger partial charge in [0.15, 0.2) is 0 Å². The number of rotatable bonds is 3. The molecule has 118 valence electrons. The van der Waals surface area contributed by atoms with Gasteiger partial charge in [0.25, 0.3) is 0 Å². The number of anilines is 1. The summed E-state index contributed by atoms with van der Waals surface area (Å²) >= 11 is 3.53. The molecule has 1 saturated heterocycles. The molecule has 0 bridgehead atoms. The van der Waals surface area contributed by atoms with Gasteiger partial charge in [-0.15, -0.1) is 0 Å². The molecule has 0 amide bonds. The molecule has 21 heavy (non-hydrogen) atoms. The number of hydrogen-bond donors (Lipinski definition) is 1. The predicted octanol–water partition coefficient (Wildman–Crippen LogP) is 4.22. The molecular weight excluding hydrogens is 326 g/mol. The van der Waals surface area contributed by atoms with Gasteiger partial charge in [-0.25, -0.2) is 4.98 Å². The summed E-state index contributed by atoms with van der Waals surface area (Å²) in [6.07, 6.45) is 5.78. The van der Waals surface area contributed by atoms with Crippen LogP contribution in [0.4, 0.5) is 5.82 Å². The standard InChI is InChI=1S/C17H28BrN3/c1-17(2,3)14-6-5-8-21(9-7-14)16-13(11-19-4)10-15(18)12-20-16/h10,12,14,19H,5-9,11H2,1-4H3. The molecule has 0 radical (unpaired) electrons. The van der Waals surface area contributed by atoms with Crippen LogP contribution in [0.1, 0.15) is 45.6 Å². The lowest BCUT2D eigenvalue weighted by atomic mass is 9.77. The quantitative estimate of drug-likeness (QED) is 0.881. The van der Waals surface area contributed by atoms with Crippen LogP contribution in [-0.2, 0) is 6.54 Å². The SMILES string of the molecule is CNCc1cc(Br)cnc1N1CCCC(C(C)(C)C)CC1. The summed E-state index contributed by atoms with van der Waals surface area (Å²) in [6.45, 7) is 10.2. The van der Waals surface area contributed by atoms with Crippen LogP contribution in [0.2, 0.25) is 0 Å². The average Bonchev–Trinajstić information content (AvgIpc) is 2.64. The van der Waals surface area contributed by atoms with E-state index in [4.69, 9.17) is 0 Å². The highest BCUT2D eigenvalue weighted by Gasteiger charge is 2.27. The van der Waals surface area contributed by atoms with Crippen molar-refractivity contribution in [3.63, 3.8) is 0 Å². The zero-order valence-electron chi connectivity index (χ0n) is 13.7. The van der Waals surface area contributed by atoms with Crippen LogP contribution in [0.3, 0.4) is 0 Å². The molecule has 0 aromatic carbocycles. The van der Waals surface area contributed by atoms with Gasteiger partial charge in [-0.05, 0) is 59.6 Å². The molecule has 1 aliphatic heterocycles. The molecule has 1 aromatic rings. The summed E-state index contributed by atoms with van der Waals surface area (Å²) in [5, 5.41) is 3.25. The van der Waals surface area contributed by atoms with Crippen molar-refractivity contribution >= 4 is 21.7 Å². The van der Waals surface area contributed by atoms with Crippen molar-refractivity contribution in [1.29, 1.82) is 0 Å². The maximum Gasteiger partial charge on any atom is 0.133 e. The molecule has 3 nitrogen and oxygen atoms in total. The number of aromatic nitrogens is 1. The van der Waals surface area contributed by atoms with E-state index in [9.17, 15) is 0 Å². The summed E-state index contributed by atoms with van der Waals surface area (Å²) in [6, 6.07) is 2.19. The summed E-state index contributed by atoms with van der Waals surface area (Å²) < 4.78 is 1.05. The minimum Gasteiger partial charge on any atom is -0.356 e. The van der Waals surface area contributed by atoms with Gasteiger partial charge in [-0.1, -0.05) is 20.8 Å². The van der Waals surface area contributed by atoms with Crippen LogP contribution in [0.5, 0.6) is 0 Å². The molecule has 2 heterocycles. The van der Waals surface area contributed by atoms with Crippen molar-refractivity contribution in [3.8, 4) is 0 Å². The Bertz CT molecular complexity index is 468. The highest BCUT2D eigenvalue weighted by molar-refractivity contribution is 9.10. The normalized spacial score (nSPS) is 20.4. The number of halogens is 1. The fourth-order valence-electron chi connectivity index (χ4n) is 3.25. The molecule has 0 aliphatic carbocycles. The number of pyridine rings is 1. The monoisotopic (exact) mass is 353 g/mol. The number of hydrogen-bond acceptors (Lipinski definition) is 3. The second kappa shape index (κ2) is 7.10. The van der Waals surface area contributed by atoms with Gasteiger partial charge in [-0.2, -0.15) is 0 Å². The van der Waals surface area contributed by atoms with E-state index in [-0.39, 0.29) is 0 Å². The fourth-order valence-corrected chi connectivity index (χ4v) is 3.63. The van der Waals surface area contributed by atoms with E-state index in [0.29, 0.717) is 5.41 Å². The molecular formula is C17H28BrN3. The largest absolute Gasteiger partial charge is 0.356 e. The Labute approximate surface area is 137 Å². The van der Waals surface area contributed by atoms with E-state index in [2.05, 4.69) is 58.0 Å². The van der Waals surface area contributed by atoms with Crippen LogP contribution in [-0.4, -0.2) is 25.1 Å². The average molecular weight is 354 g/mol. The van der Waals surface area contributed by atoms with E-state index in [1.807, 2.05) is 13.2 Å². The molecule has 0 saturated carbocycles. The summed E-state index contributed by atoms with van der Waals surface area (Å²) in [5.74, 6) is 1.97. The first-order valence-electron chi connectivity index (χ1n) is 7.96. The lowest BCUT2D eigenvalue weighted by molar-refractivity contribution is 0.220. The molecule has 1 fully saturated rings. The Balaban J connectivity index is 2.15. The zero-order chi connectivity index (χ0) is 15.5. The third kappa shape index (κ3) is 4.43. The van der Waals surface area contributed by atoms with Gasteiger partial charge in [0.2, 0.25) is 0 Å². The van der Waals surface area contributed by atoms with Crippen molar-refractivity contribution in [2.45, 2.75) is 46.6 Å². The van der Waals surface area contributed by atoms with Crippen molar-refractivity contribution in [2.24, 2.45) is 11.3 Å². The van der Waals surface area contributed by atoms with Crippen LogP contribution in [0.15, 0.2) is 16.7 Å². The highest BCUT2D eigenvalue weighted by atomic mass is 79.9. The third-order valence-electron chi connectivity index (χ3n) is 4.53. The second-order valence-corrected chi connectivity index (χ2v) is 8.06. The Morgan fingerprint density at radius 2 is 2.10 bits per heavy atom. The summed E-state index contributed by atoms with van der Waals surface area (Å²) in [5.41, 5.74) is 1.69. The summed E-state index contributed by atoms with van der Waals surface area (Å²) in [7, 11) is 1.99. The zero-order valence-corrected chi connectivity index (χ0v) is 15.3. The molecule has 1 aliphatic rings. The molecule has 1 atom stereocenters. The first kappa shape index (κ1) is 16.8. The third-order valence-corrected chi connectivity index (χ3v) is 4.96. The van der Waals surface area contributed by atoms with E-state index in [1.165, 1.54) is 24.8 Å². The van der Waals surface area contributed by atoms with E-state index < -0.39 is 0 Å². The molecule has 2 rings (SSSR count). The number of nitrogens with zero attached hydrogens (tertiary/aromatic N) is 2. The second-order valence-electron chi connectivity index (χ2n) is 7.15. The van der Waals surface area contributed by atoms with E-state index in [0.717, 1.165) is 35.8 Å². The Hall–Kier alpha value is -0.610. The maximum absolute atomic E-state index is 4.69. The van der Waals surface area contributed by atoms with Crippen LogP contribution in [0.25, 0.3) is 0 Å². The lowest BCUT2D eigenvalue weighted by Gasteiger charge is -2.30. The van der Waals surface area contributed by atoms with Crippen LogP contribution in [0, 0.1) is 11.3 Å². The van der Waals surface area contributed by atoms with Crippen molar-refractivity contribution in [2.75, 3.05) is 25.0 Å². The van der Waals surface area contributed by atoms with E-state index in [1.54, 1.807) is 0 Å². The van der Waals surface area contributed by atoms with Gasteiger partial charge >= 0.3 is 0 Å². The van der Waals surface area contributed by atoms with Gasteiger partial charge in [0.1, 0.15) is 5.82 Å². The van der Waals surface area contributed by atoms with E-state index >= 15 is 0 Å². The van der Waals surface area contributed by atoms with Gasteiger partial charge in [0.05, 0.1) is 0 Å². The van der Waals surface area contributed by atoms with Gasteiger partial charge in [-0.3, -0.25) is 0 Å². The van der Waals surface area contributed by atoms with Crippen molar-refractivity contribution < 1.29 is 0 Å². The molecule has 0 spiro atoms. The summed E-state index contributed by atoms with van der Waals surface area (Å²) in [4.78, 5) is 7.17.